The van der Waals surface area contributed by atoms with E-state index in [1.54, 1.807) is 0 Å². The van der Waals surface area contributed by atoms with Crippen LogP contribution in [0.3, 0.4) is 0 Å². The van der Waals surface area contributed by atoms with Gasteiger partial charge in [-0.25, -0.2) is 9.07 Å². The number of aromatic nitrogens is 3. The van der Waals surface area contributed by atoms with Gasteiger partial charge in [-0.2, -0.15) is 18.2 Å². The Morgan fingerprint density at radius 2 is 2.05 bits per heavy atom. The topological polar surface area (TPSA) is 69.0 Å². The Kier molecular flexibility index (Phi) is 4.02. The van der Waals surface area contributed by atoms with Crippen LogP contribution in [0.2, 0.25) is 0 Å². The lowest BCUT2D eigenvalue weighted by Gasteiger charge is -2.08. The number of benzene rings is 1. The van der Waals surface area contributed by atoms with Crippen molar-refractivity contribution in [3.05, 3.63) is 35.4 Å². The molecule has 6 nitrogen and oxygen atoms in total. The van der Waals surface area contributed by atoms with Crippen LogP contribution in [0, 0.1) is 5.82 Å². The lowest BCUT2D eigenvalue weighted by Crippen LogP contribution is -2.16. The van der Waals surface area contributed by atoms with Crippen LogP contribution >= 0.6 is 0 Å². The van der Waals surface area contributed by atoms with E-state index in [0.29, 0.717) is 0 Å². The predicted molar refractivity (Wildman–Crippen MR) is 66.9 cm³/mol. The fourth-order valence-corrected chi connectivity index (χ4v) is 1.64. The van der Waals surface area contributed by atoms with Gasteiger partial charge in [-0.05, 0) is 18.2 Å². The van der Waals surface area contributed by atoms with Gasteiger partial charge in [0.2, 0.25) is 5.95 Å². The SMILES string of the molecule is COc1ccc(F)cc1C(=O)Nc1nc(C(F)(F)F)nn1C. The van der Waals surface area contributed by atoms with Gasteiger partial charge in [-0.1, -0.05) is 0 Å². The highest BCUT2D eigenvalue weighted by atomic mass is 19.4. The van der Waals surface area contributed by atoms with Crippen LogP contribution in [-0.4, -0.2) is 27.8 Å². The number of carbonyl (C=O) groups excluding carboxylic acids is 1. The molecule has 0 aliphatic rings. The summed E-state index contributed by atoms with van der Waals surface area (Å²) >= 11 is 0. The Morgan fingerprint density at radius 3 is 2.59 bits per heavy atom. The fourth-order valence-electron chi connectivity index (χ4n) is 1.64. The first-order valence-corrected chi connectivity index (χ1v) is 5.85. The molecule has 0 aliphatic heterocycles. The summed E-state index contributed by atoms with van der Waals surface area (Å²) in [7, 11) is 2.45. The molecule has 0 fully saturated rings. The van der Waals surface area contributed by atoms with Crippen LogP contribution in [0.4, 0.5) is 23.5 Å². The summed E-state index contributed by atoms with van der Waals surface area (Å²) in [6.45, 7) is 0. The Hall–Kier alpha value is -2.65. The molecule has 0 unspecified atom stereocenters. The number of alkyl halides is 3. The second-order valence-electron chi connectivity index (χ2n) is 4.18. The Morgan fingerprint density at radius 1 is 1.36 bits per heavy atom. The molecular weight excluding hydrogens is 308 g/mol. The molecule has 2 aromatic rings. The number of halogens is 4. The van der Waals surface area contributed by atoms with E-state index in [1.165, 1.54) is 20.2 Å². The van der Waals surface area contributed by atoms with Crippen molar-refractivity contribution in [1.29, 1.82) is 0 Å². The highest BCUT2D eigenvalue weighted by molar-refractivity contribution is 6.05. The molecule has 2 rings (SSSR count). The van der Waals surface area contributed by atoms with Gasteiger partial charge in [0.15, 0.2) is 0 Å². The number of aryl methyl sites for hydroxylation is 1. The maximum Gasteiger partial charge on any atom is 0.453 e. The Balaban J connectivity index is 2.30. The van der Waals surface area contributed by atoms with Gasteiger partial charge in [0.05, 0.1) is 12.7 Å². The van der Waals surface area contributed by atoms with Crippen LogP contribution in [0.15, 0.2) is 18.2 Å². The minimum atomic E-state index is -4.74. The standard InChI is InChI=1S/C12H10F4N4O2/c1-20-11(18-10(19-20)12(14,15)16)17-9(21)7-5-6(13)3-4-8(7)22-2/h3-5H,1-2H3,(H,17,18,19,21). The van der Waals surface area contributed by atoms with Crippen molar-refractivity contribution in [2.24, 2.45) is 7.05 Å². The highest BCUT2D eigenvalue weighted by Gasteiger charge is 2.37. The zero-order chi connectivity index (χ0) is 16.5. The van der Waals surface area contributed by atoms with Crippen molar-refractivity contribution in [3.63, 3.8) is 0 Å². The first-order chi connectivity index (χ1) is 10.2. The molecule has 0 radical (unpaired) electrons. The van der Waals surface area contributed by atoms with E-state index in [0.717, 1.165) is 16.8 Å². The van der Waals surface area contributed by atoms with Gasteiger partial charge in [0.1, 0.15) is 11.6 Å². The number of hydrogen-bond donors (Lipinski definition) is 1. The number of rotatable bonds is 3. The summed E-state index contributed by atoms with van der Waals surface area (Å²) in [4.78, 5) is 15.2. The molecule has 0 saturated heterocycles. The van der Waals surface area contributed by atoms with E-state index in [2.05, 4.69) is 15.4 Å². The van der Waals surface area contributed by atoms with Crippen molar-refractivity contribution in [1.82, 2.24) is 14.8 Å². The first-order valence-electron chi connectivity index (χ1n) is 5.85. The molecule has 1 aromatic heterocycles. The van der Waals surface area contributed by atoms with Crippen LogP contribution < -0.4 is 10.1 Å². The normalized spacial score (nSPS) is 11.4. The minimum Gasteiger partial charge on any atom is -0.496 e. The van der Waals surface area contributed by atoms with E-state index in [4.69, 9.17) is 4.74 Å². The smallest absolute Gasteiger partial charge is 0.453 e. The second kappa shape index (κ2) is 5.62. The van der Waals surface area contributed by atoms with Crippen molar-refractivity contribution in [2.45, 2.75) is 6.18 Å². The van der Waals surface area contributed by atoms with E-state index >= 15 is 0 Å². The molecule has 10 heteroatoms. The van der Waals surface area contributed by atoms with Crippen molar-refractivity contribution < 1.29 is 27.1 Å². The predicted octanol–water partition coefficient (Wildman–Crippen LogP) is 2.23. The molecule has 0 aliphatic carbocycles. The number of anilines is 1. The zero-order valence-corrected chi connectivity index (χ0v) is 11.4. The molecule has 1 N–H and O–H groups in total. The second-order valence-corrected chi connectivity index (χ2v) is 4.18. The number of hydrogen-bond acceptors (Lipinski definition) is 4. The molecule has 22 heavy (non-hydrogen) atoms. The van der Waals surface area contributed by atoms with Crippen LogP contribution in [0.25, 0.3) is 0 Å². The van der Waals surface area contributed by atoms with E-state index in [-0.39, 0.29) is 11.3 Å². The quantitative estimate of drug-likeness (QED) is 0.881. The van der Waals surface area contributed by atoms with Crippen LogP contribution in [0.5, 0.6) is 5.75 Å². The minimum absolute atomic E-state index is 0.0668. The number of carbonyl (C=O) groups is 1. The first kappa shape index (κ1) is 15.7. The van der Waals surface area contributed by atoms with Crippen molar-refractivity contribution >= 4 is 11.9 Å². The maximum atomic E-state index is 13.2. The van der Waals surface area contributed by atoms with Gasteiger partial charge in [0.25, 0.3) is 11.7 Å². The molecule has 118 valence electrons. The number of amides is 1. The van der Waals surface area contributed by atoms with Crippen LogP contribution in [0.1, 0.15) is 16.2 Å². The summed E-state index contributed by atoms with van der Waals surface area (Å²) in [5, 5.41) is 5.27. The average Bonchev–Trinajstić information content (AvgIpc) is 2.80. The Labute approximate surface area is 121 Å². The fraction of sp³-hybridized carbons (Fsp3) is 0.250. The van der Waals surface area contributed by atoms with Gasteiger partial charge < -0.3 is 4.74 Å². The average molecular weight is 318 g/mol. The van der Waals surface area contributed by atoms with E-state index in [1.807, 2.05) is 0 Å². The number of nitrogens with zero attached hydrogens (tertiary/aromatic N) is 3. The summed E-state index contributed by atoms with van der Waals surface area (Å²) in [5.41, 5.74) is -0.181. The third kappa shape index (κ3) is 3.15. The maximum absolute atomic E-state index is 13.2. The molecule has 1 heterocycles. The third-order valence-corrected chi connectivity index (χ3v) is 2.65. The van der Waals surface area contributed by atoms with E-state index < -0.39 is 29.7 Å². The van der Waals surface area contributed by atoms with Crippen molar-refractivity contribution in [2.75, 3.05) is 12.4 Å². The largest absolute Gasteiger partial charge is 0.496 e. The molecular formula is C12H10F4N4O2. The van der Waals surface area contributed by atoms with E-state index in [9.17, 15) is 22.4 Å². The molecule has 1 aromatic carbocycles. The third-order valence-electron chi connectivity index (χ3n) is 2.65. The summed E-state index contributed by atoms with van der Waals surface area (Å²) in [6.07, 6.45) is -4.74. The van der Waals surface area contributed by atoms with Gasteiger partial charge >= 0.3 is 6.18 Å². The van der Waals surface area contributed by atoms with Gasteiger partial charge in [-0.3, -0.25) is 10.1 Å². The molecule has 0 spiro atoms. The molecule has 1 amide bonds. The van der Waals surface area contributed by atoms with Crippen LogP contribution in [-0.2, 0) is 13.2 Å². The van der Waals surface area contributed by atoms with Gasteiger partial charge in [-0.15, -0.1) is 5.10 Å². The summed E-state index contributed by atoms with van der Waals surface area (Å²) in [5.74, 6) is -3.32. The molecule has 0 atom stereocenters. The Bertz CT molecular complexity index is 712. The lowest BCUT2D eigenvalue weighted by atomic mass is 10.2. The lowest BCUT2D eigenvalue weighted by molar-refractivity contribution is -0.144. The molecule has 0 bridgehead atoms. The number of methoxy groups -OCH3 is 1. The summed E-state index contributed by atoms with van der Waals surface area (Å²) < 4.78 is 56.3. The number of ether oxygens (including phenoxy) is 1. The van der Waals surface area contributed by atoms with Gasteiger partial charge in [0, 0.05) is 7.05 Å². The number of nitrogens with one attached hydrogen (secondary N) is 1. The monoisotopic (exact) mass is 318 g/mol. The molecule has 0 saturated carbocycles. The van der Waals surface area contributed by atoms with Crippen molar-refractivity contribution in [3.8, 4) is 5.75 Å². The highest BCUT2D eigenvalue weighted by Crippen LogP contribution is 2.27. The zero-order valence-electron chi connectivity index (χ0n) is 11.4. The summed E-state index contributed by atoms with van der Waals surface area (Å²) in [6, 6.07) is 3.21.